The van der Waals surface area contributed by atoms with Crippen molar-refractivity contribution in [3.05, 3.63) is 51.3 Å². The second-order valence-electron chi connectivity index (χ2n) is 2.90. The number of hydrogen-bond donors (Lipinski definition) is 0. The van der Waals surface area contributed by atoms with Crippen LogP contribution in [0.25, 0.3) is 5.57 Å². The summed E-state index contributed by atoms with van der Waals surface area (Å²) in [6.45, 7) is 0. The summed E-state index contributed by atoms with van der Waals surface area (Å²) in [5, 5.41) is 0. The van der Waals surface area contributed by atoms with E-state index in [2.05, 4.69) is 42.5 Å². The van der Waals surface area contributed by atoms with Gasteiger partial charge >= 0.3 is 88.0 Å². The minimum absolute atomic E-state index is 0. The molecule has 1 aromatic rings. The molecule has 0 spiro atoms. The zero-order chi connectivity index (χ0) is 8.39. The van der Waals surface area contributed by atoms with E-state index < -0.39 is 0 Å². The molecule has 0 fully saturated rings. The van der Waals surface area contributed by atoms with Crippen LogP contribution in [0.4, 0.5) is 0 Å². The molecule has 0 heterocycles. The van der Waals surface area contributed by atoms with Gasteiger partial charge < -0.3 is 24.8 Å². The molecular weight excluding hydrogens is 294 g/mol. The van der Waals surface area contributed by atoms with Crippen LogP contribution in [0.3, 0.4) is 0 Å². The van der Waals surface area contributed by atoms with Gasteiger partial charge in [0.15, 0.2) is 0 Å². The summed E-state index contributed by atoms with van der Waals surface area (Å²) >= 11 is 1.54. The molecule has 1 aliphatic carbocycles. The monoisotopic (exact) mass is 301 g/mol. The average molecular weight is 303 g/mol. The summed E-state index contributed by atoms with van der Waals surface area (Å²) in [6.07, 6.45) is 5.76. The van der Waals surface area contributed by atoms with Gasteiger partial charge in [0.25, 0.3) is 0 Å². The summed E-state index contributed by atoms with van der Waals surface area (Å²) in [4.78, 5) is 0. The minimum atomic E-state index is 0. The number of halogens is 2. The third-order valence-electron chi connectivity index (χ3n) is 1.98. The first-order valence-corrected chi connectivity index (χ1v) is 5.27. The topological polar surface area (TPSA) is 0 Å². The Kier molecular flexibility index (Phi) is 6.69. The Bertz CT molecular complexity index is 342. The standard InChI is InChI=1S/C11H9.2ClH.Zr/c1-2-6-10(7-3-1)11-8-4-5-9-11;;;/h1-3,6-9H,4H2;2*1H;/q;;;+2/p-2. The summed E-state index contributed by atoms with van der Waals surface area (Å²) in [5.74, 6) is 0. The van der Waals surface area contributed by atoms with Crippen LogP contribution in [0, 0.1) is 0 Å². The second kappa shape index (κ2) is 6.61. The van der Waals surface area contributed by atoms with Crippen LogP contribution in [0.2, 0.25) is 0 Å². The molecule has 0 N–H and O–H groups in total. The zero-order valence-corrected chi connectivity index (χ0v) is 11.5. The van der Waals surface area contributed by atoms with Gasteiger partial charge in [-0.1, -0.05) is 0 Å². The van der Waals surface area contributed by atoms with E-state index in [1.165, 1.54) is 11.1 Å². The van der Waals surface area contributed by atoms with Crippen molar-refractivity contribution in [1.29, 1.82) is 0 Å². The Morgan fingerprint density at radius 3 is 2.14 bits per heavy atom. The molecule has 3 heteroatoms. The molecule has 1 aliphatic rings. The zero-order valence-electron chi connectivity index (χ0n) is 7.50. The fourth-order valence-corrected chi connectivity index (χ4v) is 1.99. The summed E-state index contributed by atoms with van der Waals surface area (Å²) in [6, 6.07) is 10.6. The van der Waals surface area contributed by atoms with E-state index in [1.807, 2.05) is 0 Å². The van der Waals surface area contributed by atoms with Crippen LogP contribution in [0.1, 0.15) is 12.0 Å². The Morgan fingerprint density at radius 2 is 1.64 bits per heavy atom. The Hall–Kier alpha value is 0.163. The fourth-order valence-electron chi connectivity index (χ4n) is 1.36. The molecule has 0 aromatic heterocycles. The Labute approximate surface area is 112 Å². The molecule has 14 heavy (non-hydrogen) atoms. The first-order chi connectivity index (χ1) is 5.86. The molecule has 1 aromatic carbocycles. The van der Waals surface area contributed by atoms with E-state index >= 15 is 0 Å². The van der Waals surface area contributed by atoms with Gasteiger partial charge in [-0.3, -0.25) is 0 Å². The molecule has 71 valence electrons. The predicted molar refractivity (Wildman–Crippen MR) is 47.1 cm³/mol. The number of hydrogen-bond acceptors (Lipinski definition) is 0. The van der Waals surface area contributed by atoms with E-state index in [4.69, 9.17) is 0 Å². The maximum atomic E-state index is 2.30. The van der Waals surface area contributed by atoms with Crippen molar-refractivity contribution in [3.63, 3.8) is 0 Å². The molecule has 0 aliphatic heterocycles. The number of rotatable bonds is 1. The molecule has 0 amide bonds. The molecule has 0 saturated carbocycles. The van der Waals surface area contributed by atoms with Gasteiger partial charge in [-0.25, -0.2) is 0 Å². The van der Waals surface area contributed by atoms with Crippen molar-refractivity contribution in [1.82, 2.24) is 0 Å². The SMILES string of the molecule is [Cl-].[Cl-].[Zr+2][C]1=CC(c2ccccc2)=CC1. The molecular formula is C11H9Cl2Zr. The third kappa shape index (κ3) is 3.38. The first kappa shape index (κ1) is 14.2. The second-order valence-corrected chi connectivity index (χ2v) is 4.48. The number of benzene rings is 1. The van der Waals surface area contributed by atoms with Crippen LogP contribution in [-0.4, -0.2) is 0 Å². The van der Waals surface area contributed by atoms with Crippen molar-refractivity contribution in [3.8, 4) is 0 Å². The molecule has 0 atom stereocenters. The summed E-state index contributed by atoms with van der Waals surface area (Å²) in [7, 11) is 0. The molecule has 0 nitrogen and oxygen atoms in total. The van der Waals surface area contributed by atoms with E-state index in [0.717, 1.165) is 6.42 Å². The van der Waals surface area contributed by atoms with Gasteiger partial charge in [-0.15, -0.1) is 0 Å². The van der Waals surface area contributed by atoms with Crippen LogP contribution >= 0.6 is 0 Å². The van der Waals surface area contributed by atoms with Crippen molar-refractivity contribution in [2.24, 2.45) is 0 Å². The van der Waals surface area contributed by atoms with Crippen LogP contribution in [-0.2, 0) is 24.7 Å². The van der Waals surface area contributed by atoms with Crippen LogP contribution < -0.4 is 24.8 Å². The maximum absolute atomic E-state index is 2.30. The summed E-state index contributed by atoms with van der Waals surface area (Å²) < 4.78 is 1.54. The predicted octanol–water partition coefficient (Wildman–Crippen LogP) is -3.09. The average Bonchev–Trinajstić information content (AvgIpc) is 2.54. The quantitative estimate of drug-likeness (QED) is 0.516. The van der Waals surface area contributed by atoms with Gasteiger partial charge in [-0.2, -0.15) is 0 Å². The van der Waals surface area contributed by atoms with Gasteiger partial charge in [-0.05, 0) is 0 Å². The van der Waals surface area contributed by atoms with Gasteiger partial charge in [0.2, 0.25) is 0 Å². The van der Waals surface area contributed by atoms with Crippen LogP contribution in [0.5, 0.6) is 0 Å². The molecule has 2 rings (SSSR count). The van der Waals surface area contributed by atoms with Crippen molar-refractivity contribution >= 4 is 5.57 Å². The Morgan fingerprint density at radius 1 is 1.00 bits per heavy atom. The normalized spacial score (nSPS) is 13.6. The third-order valence-corrected chi connectivity index (χ3v) is 2.84. The molecule has 0 saturated heterocycles. The van der Waals surface area contributed by atoms with E-state index in [-0.39, 0.29) is 24.8 Å². The van der Waals surface area contributed by atoms with E-state index in [9.17, 15) is 0 Å². The van der Waals surface area contributed by atoms with E-state index in [0.29, 0.717) is 0 Å². The van der Waals surface area contributed by atoms with Crippen molar-refractivity contribution in [2.75, 3.05) is 0 Å². The van der Waals surface area contributed by atoms with Gasteiger partial charge in [0.1, 0.15) is 0 Å². The summed E-state index contributed by atoms with van der Waals surface area (Å²) in [5.41, 5.74) is 2.73. The van der Waals surface area contributed by atoms with Gasteiger partial charge in [0, 0.05) is 0 Å². The van der Waals surface area contributed by atoms with Gasteiger partial charge in [0.05, 0.1) is 0 Å². The fraction of sp³-hybridized carbons (Fsp3) is 0.0909. The van der Waals surface area contributed by atoms with Crippen LogP contribution in [0.15, 0.2) is 45.8 Å². The van der Waals surface area contributed by atoms with E-state index in [1.54, 1.807) is 28.0 Å². The first-order valence-electron chi connectivity index (χ1n) is 4.04. The molecule has 0 bridgehead atoms. The molecule has 0 radical (unpaired) electrons. The Balaban J connectivity index is 0.000000845. The van der Waals surface area contributed by atoms with Crippen molar-refractivity contribution in [2.45, 2.75) is 6.42 Å². The van der Waals surface area contributed by atoms with Crippen molar-refractivity contribution < 1.29 is 49.5 Å². The number of allylic oxidation sites excluding steroid dienone is 4. The molecule has 0 unspecified atom stereocenters.